The highest BCUT2D eigenvalue weighted by molar-refractivity contribution is 5.59. The number of nitrogens with two attached hydrogens (primary N) is 1. The van der Waals surface area contributed by atoms with Crippen LogP contribution in [0, 0.1) is 0 Å². The molecule has 2 N–H and O–H groups in total. The number of rotatable bonds is 4. The lowest BCUT2D eigenvalue weighted by Crippen LogP contribution is -2.46. The fourth-order valence-electron chi connectivity index (χ4n) is 3.45. The van der Waals surface area contributed by atoms with Crippen molar-refractivity contribution in [2.24, 2.45) is 7.05 Å². The van der Waals surface area contributed by atoms with E-state index in [1.807, 2.05) is 31.6 Å². The second kappa shape index (κ2) is 6.64. The van der Waals surface area contributed by atoms with E-state index in [9.17, 15) is 0 Å². The first-order valence-corrected chi connectivity index (χ1v) is 9.18. The van der Waals surface area contributed by atoms with E-state index in [0.29, 0.717) is 23.2 Å². The second-order valence-corrected chi connectivity index (χ2v) is 6.87. The number of nitrogen functional groups attached to an aromatic ring is 1. The number of imidazole rings is 1. The molecule has 0 atom stereocenters. The summed E-state index contributed by atoms with van der Waals surface area (Å²) in [6.45, 7) is 4.45. The van der Waals surface area contributed by atoms with Gasteiger partial charge in [0.05, 0.1) is 12.8 Å². The predicted molar refractivity (Wildman–Crippen MR) is 104 cm³/mol. The Balaban J connectivity index is 1.33. The number of aromatic nitrogens is 6. The molecule has 4 aromatic rings. The quantitative estimate of drug-likeness (QED) is 0.560. The number of aryl methyl sites for hydroxylation is 1. The summed E-state index contributed by atoms with van der Waals surface area (Å²) >= 11 is 0. The maximum atomic E-state index is 6.14. The Hall–Kier alpha value is -3.40. The summed E-state index contributed by atoms with van der Waals surface area (Å²) < 4.78 is 8.98. The second-order valence-electron chi connectivity index (χ2n) is 6.87. The van der Waals surface area contributed by atoms with E-state index >= 15 is 0 Å². The normalized spacial score (nSPS) is 15.5. The summed E-state index contributed by atoms with van der Waals surface area (Å²) in [4.78, 5) is 18.1. The number of anilines is 2. The van der Waals surface area contributed by atoms with Gasteiger partial charge in [0.1, 0.15) is 11.6 Å². The van der Waals surface area contributed by atoms with E-state index in [-0.39, 0.29) is 0 Å². The Morgan fingerprint density at radius 2 is 2.04 bits per heavy atom. The Morgan fingerprint density at radius 3 is 2.75 bits per heavy atom. The van der Waals surface area contributed by atoms with Crippen LogP contribution in [-0.4, -0.2) is 60.2 Å². The average molecular weight is 379 g/mol. The van der Waals surface area contributed by atoms with Crippen molar-refractivity contribution in [1.82, 2.24) is 34.0 Å². The molecule has 0 amide bonds. The number of nitrogens with zero attached hydrogens (tertiary/aromatic N) is 8. The summed E-state index contributed by atoms with van der Waals surface area (Å²) in [6.07, 6.45) is 5.41. The Kier molecular flexibility index (Phi) is 3.97. The van der Waals surface area contributed by atoms with Crippen LogP contribution in [0.15, 0.2) is 41.3 Å². The van der Waals surface area contributed by atoms with Crippen LogP contribution >= 0.6 is 0 Å². The van der Waals surface area contributed by atoms with Crippen molar-refractivity contribution in [3.05, 3.63) is 42.7 Å². The van der Waals surface area contributed by atoms with Crippen molar-refractivity contribution in [2.75, 3.05) is 36.8 Å². The predicted octanol–water partition coefficient (Wildman–Crippen LogP) is 1.02. The van der Waals surface area contributed by atoms with Crippen LogP contribution in [0.1, 0.15) is 5.82 Å². The summed E-state index contributed by atoms with van der Waals surface area (Å²) in [5, 5.41) is 4.39. The molecule has 1 aliphatic heterocycles. The average Bonchev–Trinajstić information content (AvgIpc) is 3.43. The van der Waals surface area contributed by atoms with Gasteiger partial charge < -0.3 is 19.6 Å². The van der Waals surface area contributed by atoms with Gasteiger partial charge in [-0.2, -0.15) is 9.50 Å². The molecule has 0 aliphatic carbocycles. The molecular weight excluding hydrogens is 358 g/mol. The first-order chi connectivity index (χ1) is 13.7. The minimum absolute atomic E-state index is 0.313. The molecule has 0 radical (unpaired) electrons. The van der Waals surface area contributed by atoms with Crippen molar-refractivity contribution < 1.29 is 4.42 Å². The van der Waals surface area contributed by atoms with E-state index in [2.05, 4.69) is 34.4 Å². The number of hydrogen-bond acceptors (Lipinski definition) is 8. The van der Waals surface area contributed by atoms with E-state index in [1.165, 1.54) is 0 Å². The molecule has 1 fully saturated rings. The van der Waals surface area contributed by atoms with Crippen molar-refractivity contribution in [3.8, 4) is 11.6 Å². The molecule has 5 rings (SSSR count). The summed E-state index contributed by atoms with van der Waals surface area (Å²) in [5.41, 5.74) is 6.79. The Morgan fingerprint density at radius 1 is 1.18 bits per heavy atom. The van der Waals surface area contributed by atoms with Gasteiger partial charge in [-0.1, -0.05) is 0 Å². The minimum Gasteiger partial charge on any atom is -0.461 e. The lowest BCUT2D eigenvalue weighted by Gasteiger charge is -2.35. The Bertz CT molecular complexity index is 1090. The van der Waals surface area contributed by atoms with Crippen molar-refractivity contribution in [1.29, 1.82) is 0 Å². The zero-order chi connectivity index (χ0) is 19.1. The van der Waals surface area contributed by atoms with Crippen LogP contribution in [-0.2, 0) is 13.6 Å². The van der Waals surface area contributed by atoms with Crippen LogP contribution in [0.3, 0.4) is 0 Å². The van der Waals surface area contributed by atoms with Crippen LogP contribution in [0.4, 0.5) is 11.8 Å². The smallest absolute Gasteiger partial charge is 0.225 e. The third-order valence-corrected chi connectivity index (χ3v) is 5.06. The van der Waals surface area contributed by atoms with E-state index in [1.54, 1.807) is 16.8 Å². The topological polar surface area (TPSA) is 107 Å². The van der Waals surface area contributed by atoms with E-state index < -0.39 is 0 Å². The minimum atomic E-state index is 0.313. The third kappa shape index (κ3) is 2.97. The molecule has 5 heterocycles. The van der Waals surface area contributed by atoms with Gasteiger partial charge in [-0.3, -0.25) is 4.90 Å². The molecule has 10 heteroatoms. The molecule has 0 saturated carbocycles. The molecule has 0 unspecified atom stereocenters. The SMILES string of the molecule is Cn1ccnc1CN1CCN(c2cc3nc(-c4ccco4)nn3c(N)n2)CC1. The third-order valence-electron chi connectivity index (χ3n) is 5.06. The molecule has 144 valence electrons. The summed E-state index contributed by atoms with van der Waals surface area (Å²) in [5.74, 6) is 3.31. The maximum absolute atomic E-state index is 6.14. The van der Waals surface area contributed by atoms with Gasteiger partial charge in [0.2, 0.25) is 11.8 Å². The van der Waals surface area contributed by atoms with Crippen molar-refractivity contribution >= 4 is 17.4 Å². The lowest BCUT2D eigenvalue weighted by atomic mass is 10.3. The lowest BCUT2D eigenvalue weighted by molar-refractivity contribution is 0.241. The highest BCUT2D eigenvalue weighted by Gasteiger charge is 2.21. The van der Waals surface area contributed by atoms with E-state index in [4.69, 9.17) is 10.2 Å². The standard InChI is InChI=1S/C18H21N9O/c1-24-5-4-20-16(24)12-25-6-8-26(9-7-25)14-11-15-21-17(13-3-2-10-28-13)23-27(15)18(19)22-14/h2-5,10-11H,6-9,12H2,1H3,(H2,19,22). The van der Waals surface area contributed by atoms with Gasteiger partial charge in [-0.05, 0) is 12.1 Å². The highest BCUT2D eigenvalue weighted by atomic mass is 16.3. The molecule has 4 aromatic heterocycles. The molecule has 0 spiro atoms. The van der Waals surface area contributed by atoms with Crippen molar-refractivity contribution in [2.45, 2.75) is 6.54 Å². The summed E-state index contributed by atoms with van der Waals surface area (Å²) in [7, 11) is 2.02. The molecule has 10 nitrogen and oxygen atoms in total. The van der Waals surface area contributed by atoms with E-state index in [0.717, 1.165) is 44.4 Å². The van der Waals surface area contributed by atoms with Gasteiger partial charge in [-0.15, -0.1) is 5.10 Å². The Labute approximate surface area is 161 Å². The molecule has 0 aromatic carbocycles. The number of furan rings is 1. The van der Waals surface area contributed by atoms with Crippen molar-refractivity contribution in [3.63, 3.8) is 0 Å². The fourth-order valence-corrected chi connectivity index (χ4v) is 3.45. The summed E-state index contributed by atoms with van der Waals surface area (Å²) in [6, 6.07) is 5.54. The van der Waals surface area contributed by atoms with Gasteiger partial charge in [0, 0.05) is 51.7 Å². The monoisotopic (exact) mass is 379 g/mol. The first-order valence-electron chi connectivity index (χ1n) is 9.18. The molecule has 1 aliphatic rings. The van der Waals surface area contributed by atoms with Gasteiger partial charge in [0.15, 0.2) is 11.4 Å². The zero-order valence-electron chi connectivity index (χ0n) is 15.6. The van der Waals surface area contributed by atoms with Gasteiger partial charge in [-0.25, -0.2) is 9.97 Å². The molecule has 1 saturated heterocycles. The van der Waals surface area contributed by atoms with Gasteiger partial charge in [0.25, 0.3) is 0 Å². The molecule has 0 bridgehead atoms. The number of fused-ring (bicyclic) bond motifs is 1. The van der Waals surface area contributed by atoms with Crippen LogP contribution < -0.4 is 10.6 Å². The maximum Gasteiger partial charge on any atom is 0.225 e. The largest absolute Gasteiger partial charge is 0.461 e. The number of piperazine rings is 1. The molecular formula is C18H21N9O. The molecule has 28 heavy (non-hydrogen) atoms. The fraction of sp³-hybridized carbons (Fsp3) is 0.333. The number of hydrogen-bond donors (Lipinski definition) is 1. The highest BCUT2D eigenvalue weighted by Crippen LogP contribution is 2.22. The van der Waals surface area contributed by atoms with Crippen LogP contribution in [0.5, 0.6) is 0 Å². The zero-order valence-corrected chi connectivity index (χ0v) is 15.6. The van der Waals surface area contributed by atoms with Crippen LogP contribution in [0.25, 0.3) is 17.2 Å². The van der Waals surface area contributed by atoms with Crippen LogP contribution in [0.2, 0.25) is 0 Å². The van der Waals surface area contributed by atoms with Gasteiger partial charge >= 0.3 is 0 Å². The first kappa shape index (κ1) is 16.8.